The molecule has 3 unspecified atom stereocenters. The number of ketones is 1. The molecule has 1 aliphatic carbocycles. The van der Waals surface area contributed by atoms with Crippen molar-refractivity contribution in [3.63, 3.8) is 0 Å². The number of Topliss-reactive ketones (excluding diaryl/α,β-unsaturated/α-hetero) is 1. The van der Waals surface area contributed by atoms with Crippen LogP contribution in [0.15, 0.2) is 0 Å². The van der Waals surface area contributed by atoms with Crippen LogP contribution in [0.5, 0.6) is 0 Å². The number of hydrogen-bond acceptors (Lipinski definition) is 2. The molecule has 0 aromatic carbocycles. The molecule has 2 fully saturated rings. The molecule has 0 aromatic heterocycles. The van der Waals surface area contributed by atoms with Crippen molar-refractivity contribution in [1.29, 1.82) is 0 Å². The van der Waals surface area contributed by atoms with Gasteiger partial charge < -0.3 is 4.74 Å². The zero-order valence-electron chi connectivity index (χ0n) is 7.51. The Bertz CT molecular complexity index is 323. The maximum atomic E-state index is 11.6. The van der Waals surface area contributed by atoms with Crippen LogP contribution in [0.1, 0.15) is 32.1 Å². The van der Waals surface area contributed by atoms with Gasteiger partial charge in [0.25, 0.3) is 0 Å². The highest BCUT2D eigenvalue weighted by Gasteiger charge is 2.55. The Kier molecular flexibility index (Phi) is 1.38. The second kappa shape index (κ2) is 2.36. The molecule has 0 amide bonds. The van der Waals surface area contributed by atoms with E-state index in [1.165, 1.54) is 0 Å². The highest BCUT2D eigenvalue weighted by Crippen LogP contribution is 2.50. The van der Waals surface area contributed by atoms with Gasteiger partial charge in [0.1, 0.15) is 0 Å². The number of carbonyl (C=O) groups excluding carboxylic acids is 1. The molecule has 3 atom stereocenters. The summed E-state index contributed by atoms with van der Waals surface area (Å²) < 4.78 is 5.91. The zero-order valence-corrected chi connectivity index (χ0v) is 7.51. The van der Waals surface area contributed by atoms with Crippen LogP contribution in [0.3, 0.4) is 0 Å². The molecule has 0 aromatic rings. The normalized spacial score (nSPS) is 46.6. The van der Waals surface area contributed by atoms with Gasteiger partial charge in [-0.1, -0.05) is 5.92 Å². The summed E-state index contributed by atoms with van der Waals surface area (Å²) in [4.78, 5) is 11.6. The first-order valence-electron chi connectivity index (χ1n) is 5.01. The highest BCUT2D eigenvalue weighted by atomic mass is 16.5. The van der Waals surface area contributed by atoms with Crippen molar-refractivity contribution in [3.05, 3.63) is 0 Å². The largest absolute Gasteiger partial charge is 0.371 e. The summed E-state index contributed by atoms with van der Waals surface area (Å²) in [6.07, 6.45) is 5.28. The average Bonchev–Trinajstić information content (AvgIpc) is 2.65. The standard InChI is InChI=1S/C11H12O2/c12-10-3-1-2-5-11-6-4-8(13-11)7-9(10)11/h8-9H,2,4-7H2. The predicted octanol–water partition coefficient (Wildman–Crippen LogP) is 1.29. The molecule has 13 heavy (non-hydrogen) atoms. The lowest BCUT2D eigenvalue weighted by Gasteiger charge is -2.29. The fraction of sp³-hybridized carbons (Fsp3) is 0.727. The summed E-state index contributed by atoms with van der Waals surface area (Å²) in [7, 11) is 0. The minimum Gasteiger partial charge on any atom is -0.371 e. The van der Waals surface area contributed by atoms with Gasteiger partial charge in [-0.15, -0.1) is 0 Å². The van der Waals surface area contributed by atoms with Crippen molar-refractivity contribution in [2.45, 2.75) is 43.8 Å². The summed E-state index contributed by atoms with van der Waals surface area (Å²) in [5, 5.41) is 0. The quantitative estimate of drug-likeness (QED) is 0.410. The Balaban J connectivity index is 2.00. The minimum absolute atomic E-state index is 0.0984. The SMILES string of the molecule is O=C1C#CCCC23CCC(CC12)O3. The van der Waals surface area contributed by atoms with Crippen LogP contribution in [-0.4, -0.2) is 17.5 Å². The van der Waals surface area contributed by atoms with Gasteiger partial charge in [-0.3, -0.25) is 4.79 Å². The number of carbonyl (C=O) groups is 1. The fourth-order valence-corrected chi connectivity index (χ4v) is 2.97. The summed E-state index contributed by atoms with van der Waals surface area (Å²) in [6.45, 7) is 0. The maximum absolute atomic E-state index is 11.6. The molecule has 1 spiro atoms. The Hall–Kier alpha value is -0.810. The van der Waals surface area contributed by atoms with Gasteiger partial charge in [0.2, 0.25) is 5.78 Å². The number of fused-ring (bicyclic) bond motifs is 1. The molecule has 3 rings (SSSR count). The molecule has 2 heteroatoms. The van der Waals surface area contributed by atoms with Gasteiger partial charge in [-0.05, 0) is 31.6 Å². The molecule has 2 aliphatic heterocycles. The van der Waals surface area contributed by atoms with E-state index >= 15 is 0 Å². The van der Waals surface area contributed by atoms with Crippen LogP contribution in [0, 0.1) is 17.8 Å². The van der Waals surface area contributed by atoms with Crippen LogP contribution >= 0.6 is 0 Å². The monoisotopic (exact) mass is 176 g/mol. The molecule has 2 bridgehead atoms. The van der Waals surface area contributed by atoms with Gasteiger partial charge >= 0.3 is 0 Å². The summed E-state index contributed by atoms with van der Waals surface area (Å²) in [6, 6.07) is 0. The van der Waals surface area contributed by atoms with Gasteiger partial charge in [0, 0.05) is 6.42 Å². The molecule has 2 nitrogen and oxygen atoms in total. The summed E-state index contributed by atoms with van der Waals surface area (Å²) in [5.41, 5.74) is -0.113. The first-order valence-corrected chi connectivity index (χ1v) is 5.01. The third-order valence-corrected chi connectivity index (χ3v) is 3.63. The van der Waals surface area contributed by atoms with Crippen LogP contribution in [0.2, 0.25) is 0 Å². The average molecular weight is 176 g/mol. The molecule has 3 aliphatic rings. The van der Waals surface area contributed by atoms with E-state index in [0.717, 1.165) is 32.1 Å². The van der Waals surface area contributed by atoms with Gasteiger partial charge in [0.15, 0.2) is 0 Å². The number of ether oxygens (including phenoxy) is 1. The summed E-state index contributed by atoms with van der Waals surface area (Å²) >= 11 is 0. The number of hydrogen-bond donors (Lipinski definition) is 0. The second-order valence-corrected chi connectivity index (χ2v) is 4.30. The van der Waals surface area contributed by atoms with Crippen LogP contribution in [-0.2, 0) is 9.53 Å². The molecule has 0 saturated carbocycles. The Morgan fingerprint density at radius 2 is 2.38 bits per heavy atom. The Labute approximate surface area is 77.6 Å². The highest BCUT2D eigenvalue weighted by molar-refractivity contribution is 5.98. The van der Waals surface area contributed by atoms with E-state index in [4.69, 9.17) is 4.74 Å². The Morgan fingerprint density at radius 3 is 3.23 bits per heavy atom. The van der Waals surface area contributed by atoms with Crippen LogP contribution < -0.4 is 0 Å². The van der Waals surface area contributed by atoms with E-state index in [2.05, 4.69) is 11.8 Å². The lowest BCUT2D eigenvalue weighted by atomic mass is 9.75. The van der Waals surface area contributed by atoms with Crippen molar-refractivity contribution < 1.29 is 9.53 Å². The first-order chi connectivity index (χ1) is 6.30. The van der Waals surface area contributed by atoms with E-state index in [0.29, 0.717) is 6.10 Å². The van der Waals surface area contributed by atoms with E-state index in [1.54, 1.807) is 0 Å². The van der Waals surface area contributed by atoms with E-state index in [1.807, 2.05) is 0 Å². The van der Waals surface area contributed by atoms with Gasteiger partial charge in [-0.2, -0.15) is 0 Å². The van der Waals surface area contributed by atoms with Crippen molar-refractivity contribution >= 4 is 5.78 Å². The lowest BCUT2D eigenvalue weighted by molar-refractivity contribution is -0.122. The molecular formula is C11H12O2. The van der Waals surface area contributed by atoms with Crippen molar-refractivity contribution in [2.75, 3.05) is 0 Å². The predicted molar refractivity (Wildman–Crippen MR) is 47.0 cm³/mol. The molecule has 0 radical (unpaired) electrons. The van der Waals surface area contributed by atoms with Crippen molar-refractivity contribution in [3.8, 4) is 11.8 Å². The second-order valence-electron chi connectivity index (χ2n) is 4.30. The van der Waals surface area contributed by atoms with Gasteiger partial charge in [-0.25, -0.2) is 0 Å². The first kappa shape index (κ1) is 7.58. The van der Waals surface area contributed by atoms with Crippen molar-refractivity contribution in [2.24, 2.45) is 5.92 Å². The maximum Gasteiger partial charge on any atom is 0.211 e. The molecule has 68 valence electrons. The Morgan fingerprint density at radius 1 is 1.46 bits per heavy atom. The minimum atomic E-state index is -0.113. The topological polar surface area (TPSA) is 26.3 Å². The molecule has 0 N–H and O–H groups in total. The van der Waals surface area contributed by atoms with E-state index in [9.17, 15) is 4.79 Å². The van der Waals surface area contributed by atoms with Crippen LogP contribution in [0.25, 0.3) is 0 Å². The van der Waals surface area contributed by atoms with E-state index in [-0.39, 0.29) is 17.3 Å². The van der Waals surface area contributed by atoms with Gasteiger partial charge in [0.05, 0.1) is 17.6 Å². The van der Waals surface area contributed by atoms with Crippen molar-refractivity contribution in [1.82, 2.24) is 0 Å². The molecule has 2 heterocycles. The number of rotatable bonds is 0. The molecule has 2 saturated heterocycles. The fourth-order valence-electron chi connectivity index (χ4n) is 2.97. The third-order valence-electron chi connectivity index (χ3n) is 3.63. The smallest absolute Gasteiger partial charge is 0.211 e. The van der Waals surface area contributed by atoms with E-state index < -0.39 is 0 Å². The van der Waals surface area contributed by atoms with Crippen LogP contribution in [0.4, 0.5) is 0 Å². The lowest BCUT2D eigenvalue weighted by Crippen LogP contribution is -2.37. The zero-order chi connectivity index (χ0) is 8.89. The third kappa shape index (κ3) is 0.912. The summed E-state index contributed by atoms with van der Waals surface area (Å²) in [5.74, 6) is 5.87. The molecular weight excluding hydrogens is 164 g/mol.